The predicted octanol–water partition coefficient (Wildman–Crippen LogP) is 6.14. The molecule has 2 aromatic rings. The lowest BCUT2D eigenvalue weighted by Gasteiger charge is -2.14. The number of unbranched alkanes of at least 4 members (excludes halogenated alkanes) is 2. The molecule has 0 bridgehead atoms. The van der Waals surface area contributed by atoms with Gasteiger partial charge in [-0.05, 0) is 55.7 Å². The van der Waals surface area contributed by atoms with Gasteiger partial charge >= 0.3 is 0 Å². The van der Waals surface area contributed by atoms with Gasteiger partial charge in [-0.2, -0.15) is 0 Å². The third-order valence-corrected chi connectivity index (χ3v) is 6.42. The van der Waals surface area contributed by atoms with Crippen molar-refractivity contribution in [1.29, 1.82) is 0 Å². The molecule has 32 heavy (non-hydrogen) atoms. The van der Waals surface area contributed by atoms with E-state index in [1.807, 2.05) is 49.4 Å². The van der Waals surface area contributed by atoms with Crippen LogP contribution in [0.3, 0.4) is 0 Å². The number of nitrogens with zero attached hydrogens (tertiary/aromatic N) is 1. The number of para-hydroxylation sites is 2. The van der Waals surface area contributed by atoms with Gasteiger partial charge in [0.2, 0.25) is 5.91 Å². The molecule has 1 aliphatic heterocycles. The molecule has 0 unspecified atom stereocenters. The van der Waals surface area contributed by atoms with E-state index in [1.165, 1.54) is 11.8 Å². The van der Waals surface area contributed by atoms with Gasteiger partial charge in [-0.1, -0.05) is 66.3 Å². The number of carbonyl (C=O) groups is 2. The van der Waals surface area contributed by atoms with Gasteiger partial charge in [-0.3, -0.25) is 14.5 Å². The number of nitrogens with one attached hydrogen (secondary N) is 1. The van der Waals surface area contributed by atoms with Gasteiger partial charge in [0.25, 0.3) is 5.91 Å². The normalized spacial score (nSPS) is 14.8. The summed E-state index contributed by atoms with van der Waals surface area (Å²) in [5, 5.41) is 3.56. The first-order valence-electron chi connectivity index (χ1n) is 10.5. The second-order valence-corrected chi connectivity index (χ2v) is 9.29. The Morgan fingerprint density at radius 3 is 2.66 bits per heavy atom. The van der Waals surface area contributed by atoms with E-state index in [0.717, 1.165) is 24.8 Å². The summed E-state index contributed by atoms with van der Waals surface area (Å²) in [5.74, 6) is 0.554. The number of ether oxygens (including phenoxy) is 1. The Kier molecular flexibility index (Phi) is 9.14. The molecule has 1 aliphatic rings. The summed E-state index contributed by atoms with van der Waals surface area (Å²) in [6, 6.07) is 14.7. The summed E-state index contributed by atoms with van der Waals surface area (Å²) < 4.78 is 6.10. The molecule has 1 N–H and O–H groups in total. The van der Waals surface area contributed by atoms with E-state index >= 15 is 0 Å². The average molecular weight is 489 g/mol. The quantitative estimate of drug-likeness (QED) is 0.247. The highest BCUT2D eigenvalue weighted by Crippen LogP contribution is 2.33. The number of anilines is 1. The van der Waals surface area contributed by atoms with Gasteiger partial charge in [0.1, 0.15) is 10.1 Å². The molecule has 0 atom stereocenters. The molecule has 0 aromatic heterocycles. The minimum Gasteiger partial charge on any atom is -0.492 e. The van der Waals surface area contributed by atoms with Gasteiger partial charge in [0.05, 0.1) is 17.2 Å². The molecule has 1 saturated heterocycles. The van der Waals surface area contributed by atoms with Crippen molar-refractivity contribution < 1.29 is 14.3 Å². The largest absolute Gasteiger partial charge is 0.492 e. The lowest BCUT2D eigenvalue weighted by Crippen LogP contribution is -2.29. The molecule has 168 valence electrons. The van der Waals surface area contributed by atoms with Crippen LogP contribution in [0.25, 0.3) is 6.08 Å². The van der Waals surface area contributed by atoms with E-state index in [1.54, 1.807) is 17.0 Å². The van der Waals surface area contributed by atoms with Crippen molar-refractivity contribution in [2.75, 3.05) is 18.5 Å². The minimum atomic E-state index is -0.0692. The minimum absolute atomic E-state index is 0.0475. The Labute approximate surface area is 203 Å². The van der Waals surface area contributed by atoms with Crippen LogP contribution in [-0.4, -0.2) is 34.2 Å². The molecule has 5 nitrogen and oxygen atoms in total. The molecule has 0 spiro atoms. The standard InChI is InChI=1S/C24H25ClN2O3S2/c1-2-30-20-9-6-5-8-19(20)26-22(28)10-4-3-7-15-27-23(29)21(32-24(27)31)16-17-11-13-18(25)14-12-17/h5-6,8-9,11-14,16H,2-4,7,10,15H2,1H3,(H,26,28)/b21-16-. The fraction of sp³-hybridized carbons (Fsp3) is 0.292. The third kappa shape index (κ3) is 6.82. The Balaban J connectivity index is 1.42. The van der Waals surface area contributed by atoms with Gasteiger partial charge in [-0.15, -0.1) is 0 Å². The maximum Gasteiger partial charge on any atom is 0.266 e. The van der Waals surface area contributed by atoms with E-state index < -0.39 is 0 Å². The topological polar surface area (TPSA) is 58.6 Å². The van der Waals surface area contributed by atoms with E-state index in [-0.39, 0.29) is 11.8 Å². The zero-order valence-electron chi connectivity index (χ0n) is 17.8. The van der Waals surface area contributed by atoms with Crippen molar-refractivity contribution in [2.24, 2.45) is 0 Å². The van der Waals surface area contributed by atoms with E-state index in [2.05, 4.69) is 5.32 Å². The zero-order chi connectivity index (χ0) is 22.9. The lowest BCUT2D eigenvalue weighted by molar-refractivity contribution is -0.122. The maximum absolute atomic E-state index is 12.7. The molecule has 0 radical (unpaired) electrons. The number of amides is 2. The Hall–Kier alpha value is -2.35. The Morgan fingerprint density at radius 2 is 1.91 bits per heavy atom. The summed E-state index contributed by atoms with van der Waals surface area (Å²) in [4.78, 5) is 27.2. The van der Waals surface area contributed by atoms with Crippen LogP contribution < -0.4 is 10.1 Å². The summed E-state index contributed by atoms with van der Waals surface area (Å²) in [7, 11) is 0. The number of carbonyl (C=O) groups excluding carboxylic acids is 2. The molecular weight excluding hydrogens is 464 g/mol. The Morgan fingerprint density at radius 1 is 1.16 bits per heavy atom. The highest BCUT2D eigenvalue weighted by atomic mass is 35.5. The molecule has 0 saturated carbocycles. The third-order valence-electron chi connectivity index (χ3n) is 4.79. The first-order valence-corrected chi connectivity index (χ1v) is 12.1. The van der Waals surface area contributed by atoms with Crippen LogP contribution in [0.2, 0.25) is 5.02 Å². The molecule has 2 aromatic carbocycles. The highest BCUT2D eigenvalue weighted by Gasteiger charge is 2.31. The van der Waals surface area contributed by atoms with Crippen LogP contribution in [0.4, 0.5) is 5.69 Å². The van der Waals surface area contributed by atoms with E-state index in [4.69, 9.17) is 28.6 Å². The van der Waals surface area contributed by atoms with Gasteiger partial charge in [-0.25, -0.2) is 0 Å². The molecule has 3 rings (SSSR count). The fourth-order valence-electron chi connectivity index (χ4n) is 3.20. The first kappa shape index (κ1) is 24.3. The number of thiocarbonyl (C=S) groups is 1. The second kappa shape index (κ2) is 12.0. The molecule has 2 amide bonds. The SMILES string of the molecule is CCOc1ccccc1NC(=O)CCCCCN1C(=O)/C(=C/c2ccc(Cl)cc2)SC1=S. The monoisotopic (exact) mass is 488 g/mol. The van der Waals surface area contributed by atoms with Gasteiger partial charge < -0.3 is 10.1 Å². The first-order chi connectivity index (χ1) is 15.5. The summed E-state index contributed by atoms with van der Waals surface area (Å²) >= 11 is 12.6. The number of halogens is 1. The highest BCUT2D eigenvalue weighted by molar-refractivity contribution is 8.26. The van der Waals surface area contributed by atoms with E-state index in [0.29, 0.717) is 45.3 Å². The fourth-order valence-corrected chi connectivity index (χ4v) is 4.63. The molecule has 0 aliphatic carbocycles. The molecule has 1 fully saturated rings. The number of hydrogen-bond donors (Lipinski definition) is 1. The predicted molar refractivity (Wildman–Crippen MR) is 136 cm³/mol. The zero-order valence-corrected chi connectivity index (χ0v) is 20.2. The average Bonchev–Trinajstić information content (AvgIpc) is 3.04. The smallest absolute Gasteiger partial charge is 0.266 e. The number of thioether (sulfide) groups is 1. The lowest BCUT2D eigenvalue weighted by atomic mass is 10.1. The van der Waals surface area contributed by atoms with E-state index in [9.17, 15) is 9.59 Å². The number of hydrogen-bond acceptors (Lipinski definition) is 5. The van der Waals surface area contributed by atoms with Crippen LogP contribution in [0.1, 0.15) is 38.2 Å². The van der Waals surface area contributed by atoms with Crippen LogP contribution in [-0.2, 0) is 9.59 Å². The Bertz CT molecular complexity index is 1010. The molecule has 8 heteroatoms. The molecular formula is C24H25ClN2O3S2. The molecule has 1 heterocycles. The van der Waals surface area contributed by atoms with Gasteiger partial charge in [0, 0.05) is 18.0 Å². The van der Waals surface area contributed by atoms with Crippen molar-refractivity contribution in [3.63, 3.8) is 0 Å². The van der Waals surface area contributed by atoms with Crippen molar-refractivity contribution in [3.8, 4) is 5.75 Å². The van der Waals surface area contributed by atoms with Crippen LogP contribution >= 0.6 is 35.6 Å². The van der Waals surface area contributed by atoms with Crippen molar-refractivity contribution in [2.45, 2.75) is 32.6 Å². The maximum atomic E-state index is 12.7. The number of rotatable bonds is 10. The van der Waals surface area contributed by atoms with Crippen LogP contribution in [0.5, 0.6) is 5.75 Å². The summed E-state index contributed by atoms with van der Waals surface area (Å²) in [6.07, 6.45) is 4.59. The van der Waals surface area contributed by atoms with Gasteiger partial charge in [0.15, 0.2) is 0 Å². The van der Waals surface area contributed by atoms with Crippen molar-refractivity contribution in [3.05, 3.63) is 64.0 Å². The summed E-state index contributed by atoms with van der Waals surface area (Å²) in [5.41, 5.74) is 1.59. The van der Waals surface area contributed by atoms with Crippen molar-refractivity contribution in [1.82, 2.24) is 4.90 Å². The van der Waals surface area contributed by atoms with Crippen molar-refractivity contribution >= 4 is 63.5 Å². The van der Waals surface area contributed by atoms with Crippen LogP contribution in [0.15, 0.2) is 53.4 Å². The van der Waals surface area contributed by atoms with Crippen LogP contribution in [0, 0.1) is 0 Å². The summed E-state index contributed by atoms with van der Waals surface area (Å²) in [6.45, 7) is 3.00. The second-order valence-electron chi connectivity index (χ2n) is 7.17. The number of benzene rings is 2.